The highest BCUT2D eigenvalue weighted by molar-refractivity contribution is 6.75. The van der Waals surface area contributed by atoms with Crippen LogP contribution in [0.5, 0.6) is 0 Å². The topological polar surface area (TPSA) is 26.3 Å². The predicted octanol–water partition coefficient (Wildman–Crippen LogP) is 4.12. The van der Waals surface area contributed by atoms with Gasteiger partial charge in [-0.2, -0.15) is 0 Å². The Kier molecular flexibility index (Phi) is 7.75. The average Bonchev–Trinajstić information content (AvgIpc) is 2.18. The smallest absolute Gasteiger partial charge is 0.292 e. The largest absolute Gasteiger partial charge is 0.519 e. The van der Waals surface area contributed by atoms with Gasteiger partial charge in [0.1, 0.15) is 0 Å². The van der Waals surface area contributed by atoms with Crippen LogP contribution in [0.15, 0.2) is 0 Å². The lowest BCUT2D eigenvalue weighted by molar-refractivity contribution is -0.135. The van der Waals surface area contributed by atoms with E-state index in [9.17, 15) is 4.79 Å². The molecule has 0 aliphatic rings. The van der Waals surface area contributed by atoms with Crippen molar-refractivity contribution in [3.05, 3.63) is 0 Å². The Morgan fingerprint density at radius 2 is 1.33 bits per heavy atom. The third-order valence-electron chi connectivity index (χ3n) is 2.74. The molecule has 0 aromatic carbocycles. The minimum absolute atomic E-state index is 0.0111. The molecule has 15 heavy (non-hydrogen) atoms. The molecule has 0 aromatic heterocycles. The molecule has 0 aliphatic carbocycles. The first-order chi connectivity index (χ1) is 7.14. The van der Waals surface area contributed by atoms with Crippen molar-refractivity contribution < 1.29 is 9.22 Å². The van der Waals surface area contributed by atoms with E-state index in [1.807, 2.05) is 6.92 Å². The summed E-state index contributed by atoms with van der Waals surface area (Å²) in [6.07, 6.45) is 3.95. The molecule has 0 spiro atoms. The second-order valence-electron chi connectivity index (χ2n) is 4.26. The van der Waals surface area contributed by atoms with Crippen LogP contribution >= 0.6 is 0 Å². The van der Waals surface area contributed by atoms with Gasteiger partial charge >= 0.3 is 0 Å². The van der Waals surface area contributed by atoms with E-state index in [2.05, 4.69) is 20.8 Å². The molecule has 0 radical (unpaired) electrons. The molecule has 90 valence electrons. The zero-order chi connectivity index (χ0) is 11.7. The number of hydrogen-bond acceptors (Lipinski definition) is 2. The Hall–Kier alpha value is -0.313. The van der Waals surface area contributed by atoms with Crippen molar-refractivity contribution in [3.63, 3.8) is 0 Å². The van der Waals surface area contributed by atoms with Crippen LogP contribution in [0.25, 0.3) is 0 Å². The molecule has 2 nitrogen and oxygen atoms in total. The number of rotatable bonds is 8. The molecule has 0 aromatic rings. The molecule has 0 saturated heterocycles. The van der Waals surface area contributed by atoms with Crippen LogP contribution in [0.4, 0.5) is 0 Å². The van der Waals surface area contributed by atoms with E-state index in [-0.39, 0.29) is 5.97 Å². The van der Waals surface area contributed by atoms with E-state index in [0.717, 1.165) is 37.4 Å². The lowest BCUT2D eigenvalue weighted by atomic mass is 10.5. The standard InChI is InChI=1S/C12H26O2Si/c1-5-9-15(10-6-2,11-7-3)14-12(13)8-4/h5-11H2,1-4H3. The summed E-state index contributed by atoms with van der Waals surface area (Å²) in [5, 5.41) is 0. The normalized spacial score (nSPS) is 11.5. The summed E-state index contributed by atoms with van der Waals surface area (Å²) in [6, 6.07) is 3.42. The Labute approximate surface area is 95.5 Å². The van der Waals surface area contributed by atoms with Gasteiger partial charge in [0.25, 0.3) is 14.3 Å². The zero-order valence-electron chi connectivity index (χ0n) is 10.8. The Balaban J connectivity index is 4.51. The van der Waals surface area contributed by atoms with Crippen molar-refractivity contribution in [2.45, 2.75) is 71.5 Å². The highest BCUT2D eigenvalue weighted by Crippen LogP contribution is 2.27. The van der Waals surface area contributed by atoms with E-state index < -0.39 is 8.32 Å². The quantitative estimate of drug-likeness (QED) is 0.586. The molecule has 0 atom stereocenters. The summed E-state index contributed by atoms with van der Waals surface area (Å²) in [4.78, 5) is 11.5. The summed E-state index contributed by atoms with van der Waals surface area (Å²) in [5.74, 6) is 0.0111. The Morgan fingerprint density at radius 1 is 0.933 bits per heavy atom. The van der Waals surface area contributed by atoms with Gasteiger partial charge in [-0.1, -0.05) is 47.0 Å². The van der Waals surface area contributed by atoms with E-state index >= 15 is 0 Å². The van der Waals surface area contributed by atoms with E-state index in [1.165, 1.54) is 0 Å². The monoisotopic (exact) mass is 230 g/mol. The van der Waals surface area contributed by atoms with Gasteiger partial charge in [-0.15, -0.1) is 0 Å². The predicted molar refractivity (Wildman–Crippen MR) is 67.4 cm³/mol. The molecule has 0 saturated carbocycles. The highest BCUT2D eigenvalue weighted by atomic mass is 28.4. The second kappa shape index (κ2) is 7.91. The molecule has 3 heteroatoms. The molecule has 0 heterocycles. The minimum atomic E-state index is -1.73. The molecule has 0 N–H and O–H groups in total. The fourth-order valence-corrected chi connectivity index (χ4v) is 6.63. The maximum atomic E-state index is 11.5. The summed E-state index contributed by atoms with van der Waals surface area (Å²) in [7, 11) is -1.73. The molecular weight excluding hydrogens is 204 g/mol. The van der Waals surface area contributed by atoms with Crippen molar-refractivity contribution >= 4 is 14.3 Å². The maximum Gasteiger partial charge on any atom is 0.292 e. The molecule has 0 amide bonds. The van der Waals surface area contributed by atoms with Gasteiger partial charge < -0.3 is 4.43 Å². The van der Waals surface area contributed by atoms with Crippen molar-refractivity contribution in [1.29, 1.82) is 0 Å². The fraction of sp³-hybridized carbons (Fsp3) is 0.917. The summed E-state index contributed by atoms with van der Waals surface area (Å²) < 4.78 is 5.81. The van der Waals surface area contributed by atoms with Crippen LogP contribution < -0.4 is 0 Å². The fourth-order valence-electron chi connectivity index (χ4n) is 2.21. The van der Waals surface area contributed by atoms with Crippen LogP contribution in [0.1, 0.15) is 53.4 Å². The van der Waals surface area contributed by atoms with E-state index in [0.29, 0.717) is 6.42 Å². The van der Waals surface area contributed by atoms with Crippen LogP contribution in [0, 0.1) is 0 Å². The molecule has 0 aliphatic heterocycles. The molecule has 0 bridgehead atoms. The molecule has 0 unspecified atom stereocenters. The lowest BCUT2D eigenvalue weighted by Crippen LogP contribution is -2.39. The maximum absolute atomic E-state index is 11.5. The molecule has 0 fully saturated rings. The zero-order valence-corrected chi connectivity index (χ0v) is 11.8. The van der Waals surface area contributed by atoms with Crippen molar-refractivity contribution in [1.82, 2.24) is 0 Å². The first kappa shape index (κ1) is 14.7. The Bertz CT molecular complexity index is 163. The SMILES string of the molecule is CCC[Si](CCC)(CCC)OC(=O)CC. The van der Waals surface area contributed by atoms with E-state index in [4.69, 9.17) is 4.43 Å². The van der Waals surface area contributed by atoms with Gasteiger partial charge in [0.2, 0.25) is 0 Å². The van der Waals surface area contributed by atoms with Crippen molar-refractivity contribution in [2.24, 2.45) is 0 Å². The van der Waals surface area contributed by atoms with Gasteiger partial charge in [0.05, 0.1) is 0 Å². The first-order valence-electron chi connectivity index (χ1n) is 6.36. The van der Waals surface area contributed by atoms with Gasteiger partial charge in [-0.05, 0) is 18.1 Å². The molecular formula is C12H26O2Si. The number of carbonyl (C=O) groups excluding carboxylic acids is 1. The number of hydrogen-bond donors (Lipinski definition) is 0. The van der Waals surface area contributed by atoms with Gasteiger partial charge in [0, 0.05) is 6.42 Å². The van der Waals surface area contributed by atoms with Crippen LogP contribution in [0.2, 0.25) is 18.1 Å². The van der Waals surface area contributed by atoms with Gasteiger partial charge in [-0.25, -0.2) is 0 Å². The van der Waals surface area contributed by atoms with Gasteiger partial charge in [0.15, 0.2) is 0 Å². The van der Waals surface area contributed by atoms with Crippen molar-refractivity contribution in [3.8, 4) is 0 Å². The minimum Gasteiger partial charge on any atom is -0.519 e. The molecule has 0 rings (SSSR count). The van der Waals surface area contributed by atoms with Gasteiger partial charge in [-0.3, -0.25) is 4.79 Å². The lowest BCUT2D eigenvalue weighted by Gasteiger charge is -2.30. The van der Waals surface area contributed by atoms with E-state index in [1.54, 1.807) is 0 Å². The van der Waals surface area contributed by atoms with Crippen molar-refractivity contribution in [2.75, 3.05) is 0 Å². The summed E-state index contributed by atoms with van der Waals surface area (Å²) >= 11 is 0. The number of carbonyl (C=O) groups is 1. The third kappa shape index (κ3) is 5.35. The van der Waals surface area contributed by atoms with Crippen LogP contribution in [-0.2, 0) is 9.22 Å². The summed E-state index contributed by atoms with van der Waals surface area (Å²) in [6.45, 7) is 8.44. The highest BCUT2D eigenvalue weighted by Gasteiger charge is 2.35. The third-order valence-corrected chi connectivity index (χ3v) is 7.63. The second-order valence-corrected chi connectivity index (χ2v) is 8.33. The average molecular weight is 230 g/mol. The van der Waals surface area contributed by atoms with Crippen LogP contribution in [-0.4, -0.2) is 14.3 Å². The Morgan fingerprint density at radius 3 is 1.60 bits per heavy atom. The van der Waals surface area contributed by atoms with Crippen LogP contribution in [0.3, 0.4) is 0 Å². The summed E-state index contributed by atoms with van der Waals surface area (Å²) in [5.41, 5.74) is 0. The first-order valence-corrected chi connectivity index (χ1v) is 8.88.